The summed E-state index contributed by atoms with van der Waals surface area (Å²) in [6.45, 7) is 1.84. The van der Waals surface area contributed by atoms with Crippen LogP contribution < -0.4 is 5.73 Å². The van der Waals surface area contributed by atoms with Crippen LogP contribution in [0.5, 0.6) is 0 Å². The van der Waals surface area contributed by atoms with Gasteiger partial charge in [-0.3, -0.25) is 0 Å². The van der Waals surface area contributed by atoms with Crippen molar-refractivity contribution >= 4 is 0 Å². The third-order valence-corrected chi connectivity index (χ3v) is 2.84. The molecule has 0 atom stereocenters. The molecule has 0 bridgehead atoms. The molecule has 17 heavy (non-hydrogen) atoms. The van der Waals surface area contributed by atoms with Crippen molar-refractivity contribution in [2.45, 2.75) is 13.5 Å². The Morgan fingerprint density at radius 2 is 1.82 bits per heavy atom. The van der Waals surface area contributed by atoms with Gasteiger partial charge in [0.2, 0.25) is 0 Å². The van der Waals surface area contributed by atoms with Gasteiger partial charge in [0.25, 0.3) is 0 Å². The smallest absolute Gasteiger partial charge is 0.127 e. The highest BCUT2D eigenvalue weighted by Gasteiger charge is 2.08. The first-order chi connectivity index (χ1) is 8.13. The third kappa shape index (κ3) is 2.19. The summed E-state index contributed by atoms with van der Waals surface area (Å²) in [6, 6.07) is 9.52. The van der Waals surface area contributed by atoms with E-state index in [0.717, 1.165) is 11.1 Å². The van der Waals surface area contributed by atoms with Crippen LogP contribution in [0.15, 0.2) is 36.4 Å². The van der Waals surface area contributed by atoms with Gasteiger partial charge in [0, 0.05) is 12.1 Å². The SMILES string of the molecule is Cc1c(F)cccc1-c1ccc(F)c(CN)c1. The van der Waals surface area contributed by atoms with Crippen molar-refractivity contribution in [2.24, 2.45) is 5.73 Å². The van der Waals surface area contributed by atoms with Gasteiger partial charge in [-0.2, -0.15) is 0 Å². The molecule has 0 radical (unpaired) electrons. The maximum atomic E-state index is 13.4. The van der Waals surface area contributed by atoms with E-state index in [1.807, 2.05) is 6.07 Å². The number of halogens is 2. The molecule has 2 aromatic carbocycles. The van der Waals surface area contributed by atoms with Crippen molar-refractivity contribution in [3.63, 3.8) is 0 Å². The van der Waals surface area contributed by atoms with Crippen LogP contribution in [0.2, 0.25) is 0 Å². The fraction of sp³-hybridized carbons (Fsp3) is 0.143. The Bertz CT molecular complexity index is 550. The molecule has 0 aliphatic carbocycles. The van der Waals surface area contributed by atoms with E-state index < -0.39 is 0 Å². The maximum absolute atomic E-state index is 13.4. The van der Waals surface area contributed by atoms with Gasteiger partial charge in [-0.1, -0.05) is 18.2 Å². The summed E-state index contributed by atoms with van der Waals surface area (Å²) in [5, 5.41) is 0. The average molecular weight is 233 g/mol. The molecule has 2 aromatic rings. The Hall–Kier alpha value is -1.74. The van der Waals surface area contributed by atoms with Crippen molar-refractivity contribution in [3.05, 3.63) is 59.2 Å². The monoisotopic (exact) mass is 233 g/mol. The lowest BCUT2D eigenvalue weighted by Gasteiger charge is -2.09. The van der Waals surface area contributed by atoms with Crippen LogP contribution in [0.4, 0.5) is 8.78 Å². The molecule has 0 aliphatic heterocycles. The number of nitrogens with two attached hydrogens (primary N) is 1. The van der Waals surface area contributed by atoms with Gasteiger partial charge in [0.15, 0.2) is 0 Å². The summed E-state index contributed by atoms with van der Waals surface area (Å²) < 4.78 is 26.7. The zero-order valence-corrected chi connectivity index (χ0v) is 9.50. The summed E-state index contributed by atoms with van der Waals surface area (Å²) in [4.78, 5) is 0. The van der Waals surface area contributed by atoms with Crippen LogP contribution in [-0.4, -0.2) is 0 Å². The van der Waals surface area contributed by atoms with Gasteiger partial charge in [-0.15, -0.1) is 0 Å². The van der Waals surface area contributed by atoms with Crippen molar-refractivity contribution in [2.75, 3.05) is 0 Å². The van der Waals surface area contributed by atoms with Crippen molar-refractivity contribution in [3.8, 4) is 11.1 Å². The zero-order chi connectivity index (χ0) is 12.4. The maximum Gasteiger partial charge on any atom is 0.127 e. The van der Waals surface area contributed by atoms with Crippen LogP contribution in [0, 0.1) is 18.6 Å². The Morgan fingerprint density at radius 3 is 2.53 bits per heavy atom. The van der Waals surface area contributed by atoms with Crippen molar-refractivity contribution in [1.82, 2.24) is 0 Å². The molecule has 0 aliphatic rings. The van der Waals surface area contributed by atoms with E-state index >= 15 is 0 Å². The number of rotatable bonds is 2. The van der Waals surface area contributed by atoms with E-state index in [1.54, 1.807) is 25.1 Å². The average Bonchev–Trinajstić information content (AvgIpc) is 2.34. The largest absolute Gasteiger partial charge is 0.326 e. The highest BCUT2D eigenvalue weighted by molar-refractivity contribution is 5.68. The predicted molar refractivity (Wildman–Crippen MR) is 64.4 cm³/mol. The van der Waals surface area contributed by atoms with E-state index in [0.29, 0.717) is 11.1 Å². The molecule has 1 nitrogen and oxygen atoms in total. The third-order valence-electron chi connectivity index (χ3n) is 2.84. The predicted octanol–water partition coefficient (Wildman–Crippen LogP) is 3.40. The van der Waals surface area contributed by atoms with Gasteiger partial charge in [-0.05, 0) is 41.8 Å². The molecule has 2 N–H and O–H groups in total. The molecule has 3 heteroatoms. The summed E-state index contributed by atoms with van der Waals surface area (Å²) >= 11 is 0. The Labute approximate surface area is 98.9 Å². The van der Waals surface area contributed by atoms with Gasteiger partial charge in [-0.25, -0.2) is 8.78 Å². The Balaban J connectivity index is 2.57. The highest BCUT2D eigenvalue weighted by Crippen LogP contribution is 2.26. The van der Waals surface area contributed by atoms with Crippen LogP contribution in [-0.2, 0) is 6.54 Å². The fourth-order valence-electron chi connectivity index (χ4n) is 1.82. The number of benzene rings is 2. The molecule has 88 valence electrons. The molecular formula is C14H13F2N. The van der Waals surface area contributed by atoms with E-state index in [9.17, 15) is 8.78 Å². The minimum Gasteiger partial charge on any atom is -0.326 e. The summed E-state index contributed by atoms with van der Waals surface area (Å²) in [7, 11) is 0. The molecule has 0 fully saturated rings. The second-order valence-electron chi connectivity index (χ2n) is 3.92. The van der Waals surface area contributed by atoms with E-state index in [4.69, 9.17) is 5.73 Å². The topological polar surface area (TPSA) is 26.0 Å². The number of hydrogen-bond donors (Lipinski definition) is 1. The lowest BCUT2D eigenvalue weighted by atomic mass is 9.98. The second kappa shape index (κ2) is 4.63. The van der Waals surface area contributed by atoms with Gasteiger partial charge < -0.3 is 5.73 Å². The molecule has 0 heterocycles. The Kier molecular flexibility index (Phi) is 3.20. The molecule has 0 spiro atoms. The minimum atomic E-state index is -0.328. The first kappa shape index (κ1) is 11.7. The summed E-state index contributed by atoms with van der Waals surface area (Å²) in [5.74, 6) is -0.591. The summed E-state index contributed by atoms with van der Waals surface area (Å²) in [5.41, 5.74) is 7.99. The Morgan fingerprint density at radius 1 is 1.06 bits per heavy atom. The molecule has 0 amide bonds. The highest BCUT2D eigenvalue weighted by atomic mass is 19.1. The zero-order valence-electron chi connectivity index (χ0n) is 9.50. The van der Waals surface area contributed by atoms with Gasteiger partial charge in [0.1, 0.15) is 11.6 Å². The second-order valence-corrected chi connectivity index (χ2v) is 3.92. The molecule has 0 saturated heterocycles. The quantitative estimate of drug-likeness (QED) is 0.845. The standard InChI is InChI=1S/C14H13F2N/c1-9-12(3-2-4-13(9)15)10-5-6-14(16)11(7-10)8-17/h2-7H,8,17H2,1H3. The van der Waals surface area contributed by atoms with Crippen molar-refractivity contribution < 1.29 is 8.78 Å². The van der Waals surface area contributed by atoms with Crippen LogP contribution in [0.3, 0.4) is 0 Å². The molecular weight excluding hydrogens is 220 g/mol. The lowest BCUT2D eigenvalue weighted by Crippen LogP contribution is -2.00. The molecule has 0 unspecified atom stereocenters. The van der Waals surface area contributed by atoms with E-state index in [-0.39, 0.29) is 18.2 Å². The van der Waals surface area contributed by atoms with Gasteiger partial charge in [0.05, 0.1) is 0 Å². The van der Waals surface area contributed by atoms with Gasteiger partial charge >= 0.3 is 0 Å². The van der Waals surface area contributed by atoms with Crippen LogP contribution in [0.1, 0.15) is 11.1 Å². The molecule has 0 aromatic heterocycles. The van der Waals surface area contributed by atoms with Crippen LogP contribution >= 0.6 is 0 Å². The first-order valence-electron chi connectivity index (χ1n) is 5.37. The van der Waals surface area contributed by atoms with E-state index in [1.165, 1.54) is 12.1 Å². The lowest BCUT2D eigenvalue weighted by molar-refractivity contribution is 0.611. The fourth-order valence-corrected chi connectivity index (χ4v) is 1.82. The number of hydrogen-bond acceptors (Lipinski definition) is 1. The van der Waals surface area contributed by atoms with E-state index in [2.05, 4.69) is 0 Å². The molecule has 2 rings (SSSR count). The summed E-state index contributed by atoms with van der Waals surface area (Å²) in [6.07, 6.45) is 0. The minimum absolute atomic E-state index is 0.133. The van der Waals surface area contributed by atoms with Crippen LogP contribution in [0.25, 0.3) is 11.1 Å². The normalized spacial score (nSPS) is 10.6. The van der Waals surface area contributed by atoms with Crippen molar-refractivity contribution in [1.29, 1.82) is 0 Å². The first-order valence-corrected chi connectivity index (χ1v) is 5.37. The molecule has 0 saturated carbocycles.